The molecule has 1 unspecified atom stereocenters. The van der Waals surface area contributed by atoms with Crippen molar-refractivity contribution in [1.29, 1.82) is 0 Å². The first-order valence-electron chi connectivity index (χ1n) is 6.34. The zero-order valence-corrected chi connectivity index (χ0v) is 12.8. The second-order valence-corrected chi connectivity index (χ2v) is 7.77. The van der Waals surface area contributed by atoms with Crippen molar-refractivity contribution < 1.29 is 19.4 Å². The largest absolute Gasteiger partial charge is 0.476 e. The van der Waals surface area contributed by atoms with Crippen LogP contribution in [0.1, 0.15) is 65.7 Å². The lowest BCUT2D eigenvalue weighted by Gasteiger charge is -2.17. The van der Waals surface area contributed by atoms with E-state index in [1.807, 2.05) is 6.92 Å². The monoisotopic (exact) mass is 299 g/mol. The van der Waals surface area contributed by atoms with E-state index < -0.39 is 28.2 Å². The molecule has 0 aromatic carbocycles. The lowest BCUT2D eigenvalue weighted by molar-refractivity contribution is 0.00689. The fraction of sp³-hybridized carbons (Fsp3) is 0.615. The fourth-order valence-electron chi connectivity index (χ4n) is 1.97. The molecule has 1 atom stereocenters. The zero-order valence-electron chi connectivity index (χ0n) is 12.0. The molecule has 1 aliphatic carbocycles. The number of hydrogen-bond acceptors (Lipinski definition) is 5. The number of carboxylic acid groups (broad SMARTS) is 1. The molecule has 0 spiro atoms. The third kappa shape index (κ3) is 2.69. The predicted octanol–water partition coefficient (Wildman–Crippen LogP) is 2.25. The number of esters is 1. The van der Waals surface area contributed by atoms with Crippen LogP contribution in [0, 0.1) is 0 Å². The van der Waals surface area contributed by atoms with E-state index in [2.05, 4.69) is 4.98 Å². The Morgan fingerprint density at radius 1 is 1.40 bits per heavy atom. The molecule has 6 nitrogen and oxygen atoms in total. The van der Waals surface area contributed by atoms with Crippen molar-refractivity contribution in [3.63, 3.8) is 0 Å². The van der Waals surface area contributed by atoms with Crippen molar-refractivity contribution in [2.75, 3.05) is 5.14 Å². The van der Waals surface area contributed by atoms with E-state index >= 15 is 0 Å². The highest BCUT2D eigenvalue weighted by Gasteiger charge is 2.53. The topological polar surface area (TPSA) is 103 Å². The van der Waals surface area contributed by atoms with Crippen LogP contribution >= 0.6 is 10.7 Å². The summed E-state index contributed by atoms with van der Waals surface area (Å²) in [7, 11) is -1.10. The predicted molar refractivity (Wildman–Crippen MR) is 75.6 cm³/mol. The summed E-state index contributed by atoms with van der Waals surface area (Å²) >= 11 is 0. The maximum atomic E-state index is 12.1. The summed E-state index contributed by atoms with van der Waals surface area (Å²) in [5.41, 5.74) is -0.991. The molecule has 1 aromatic heterocycles. The van der Waals surface area contributed by atoms with E-state index in [0.717, 1.165) is 12.8 Å². The average molecular weight is 299 g/mol. The Morgan fingerprint density at radius 2 is 1.95 bits per heavy atom. The molecule has 1 aromatic rings. The van der Waals surface area contributed by atoms with Gasteiger partial charge in [0.15, 0.2) is 0 Å². The minimum absolute atomic E-state index is 0.0143. The number of aromatic carboxylic acids is 1. The number of nitrogen functional groups attached to an aromatic ring is 1. The van der Waals surface area contributed by atoms with Gasteiger partial charge in [0.25, 0.3) is 0 Å². The highest BCUT2D eigenvalue weighted by Crippen LogP contribution is 2.53. The van der Waals surface area contributed by atoms with Gasteiger partial charge in [-0.15, -0.1) is 5.14 Å². The van der Waals surface area contributed by atoms with Crippen LogP contribution in [0.4, 0.5) is 0 Å². The lowest BCUT2D eigenvalue weighted by atomic mass is 10.1. The molecule has 7 heteroatoms. The van der Waals surface area contributed by atoms with Gasteiger partial charge in [0.05, 0.1) is 0 Å². The van der Waals surface area contributed by atoms with Crippen LogP contribution in [0.3, 0.4) is 0 Å². The Balaban J connectivity index is 2.46. The first-order valence-corrected chi connectivity index (χ1v) is 7.63. The van der Waals surface area contributed by atoms with Crippen LogP contribution in [0.5, 0.6) is 0 Å². The molecule has 1 fully saturated rings. The van der Waals surface area contributed by atoms with Crippen molar-refractivity contribution >= 4 is 22.6 Å². The van der Waals surface area contributed by atoms with E-state index in [9.17, 15) is 14.7 Å². The Kier molecular flexibility index (Phi) is 3.38. The summed E-state index contributed by atoms with van der Waals surface area (Å²) in [6.45, 7) is 7.17. The molecule has 0 amide bonds. The van der Waals surface area contributed by atoms with Crippen molar-refractivity contribution in [3.8, 4) is 0 Å². The normalized spacial score (nSPS) is 17.8. The summed E-state index contributed by atoms with van der Waals surface area (Å²) in [5.74, 6) is -1.78. The van der Waals surface area contributed by atoms with E-state index in [4.69, 9.17) is 9.88 Å². The van der Waals surface area contributed by atoms with Gasteiger partial charge in [-0.2, -0.15) is 4.98 Å². The van der Waals surface area contributed by atoms with Gasteiger partial charge in [-0.1, -0.05) is 6.92 Å². The van der Waals surface area contributed by atoms with E-state index in [1.165, 1.54) is 0 Å². The summed E-state index contributed by atoms with van der Waals surface area (Å²) in [6.07, 6.45) is 1.74. The summed E-state index contributed by atoms with van der Waals surface area (Å²) < 4.78 is 5.24. The SMILES string of the molecule is CC(C)(C)OC(=O)c1nc(C(=O)O)c(C2(C)CC2)[s+]1N. The van der Waals surface area contributed by atoms with Gasteiger partial charge in [-0.05, 0) is 33.6 Å². The highest BCUT2D eigenvalue weighted by atomic mass is 32.2. The average Bonchev–Trinajstić information content (AvgIpc) is 2.87. The highest BCUT2D eigenvalue weighted by molar-refractivity contribution is 7.33. The molecule has 2 rings (SSSR count). The van der Waals surface area contributed by atoms with Crippen LogP contribution < -0.4 is 5.14 Å². The van der Waals surface area contributed by atoms with E-state index in [1.54, 1.807) is 20.8 Å². The number of aromatic nitrogens is 1. The summed E-state index contributed by atoms with van der Waals surface area (Å²) in [6, 6.07) is 0. The smallest absolute Gasteiger partial charge is 0.415 e. The molecule has 0 saturated heterocycles. The Bertz CT molecular complexity index is 582. The molecule has 110 valence electrons. The van der Waals surface area contributed by atoms with E-state index in [0.29, 0.717) is 4.88 Å². The summed E-state index contributed by atoms with van der Waals surface area (Å²) in [4.78, 5) is 27.9. The van der Waals surface area contributed by atoms with Crippen molar-refractivity contribution in [2.45, 2.75) is 51.6 Å². The molecule has 3 N–H and O–H groups in total. The summed E-state index contributed by atoms with van der Waals surface area (Å²) in [5, 5.41) is 15.3. The van der Waals surface area contributed by atoms with Gasteiger partial charge in [0, 0.05) is 5.41 Å². The second-order valence-electron chi connectivity index (χ2n) is 6.30. The zero-order chi connectivity index (χ0) is 15.3. The van der Waals surface area contributed by atoms with Crippen molar-refractivity contribution in [2.24, 2.45) is 0 Å². The van der Waals surface area contributed by atoms with Crippen LogP contribution in [0.15, 0.2) is 0 Å². The number of hydrogen-bond donors (Lipinski definition) is 2. The molecule has 20 heavy (non-hydrogen) atoms. The van der Waals surface area contributed by atoms with Gasteiger partial charge < -0.3 is 9.84 Å². The number of nitrogens with two attached hydrogens (primary N) is 1. The molecular weight excluding hydrogens is 280 g/mol. The Labute approximate surface area is 120 Å². The molecule has 1 aliphatic rings. The first kappa shape index (κ1) is 14.9. The second kappa shape index (κ2) is 4.53. The fourth-order valence-corrected chi connectivity index (χ4v) is 3.65. The maximum absolute atomic E-state index is 12.1. The number of carbonyl (C=O) groups excluding carboxylic acids is 1. The van der Waals surface area contributed by atoms with E-state index in [-0.39, 0.29) is 16.1 Å². The number of carboxylic acids is 1. The van der Waals surface area contributed by atoms with Crippen molar-refractivity contribution in [3.05, 3.63) is 15.6 Å². The third-order valence-electron chi connectivity index (χ3n) is 3.18. The van der Waals surface area contributed by atoms with Gasteiger partial charge in [0.2, 0.25) is 10.6 Å². The Morgan fingerprint density at radius 3 is 2.35 bits per heavy atom. The lowest BCUT2D eigenvalue weighted by Crippen LogP contribution is -2.24. The third-order valence-corrected chi connectivity index (χ3v) is 4.98. The first-order chi connectivity index (χ1) is 9.05. The van der Waals surface area contributed by atoms with Gasteiger partial charge in [-0.3, -0.25) is 0 Å². The molecule has 0 radical (unpaired) electrons. The molecule has 0 aliphatic heterocycles. The number of ether oxygens (including phenoxy) is 1. The Hall–Kier alpha value is -1.47. The molecule has 0 bridgehead atoms. The number of thiazole rings is 1. The number of rotatable bonds is 3. The van der Waals surface area contributed by atoms with Crippen molar-refractivity contribution in [1.82, 2.24) is 4.98 Å². The molecular formula is C13H19N2O4S+. The van der Waals surface area contributed by atoms with Crippen LogP contribution in [-0.2, 0) is 10.2 Å². The molecule has 1 heterocycles. The standard InChI is InChI=1S/C13H18N2O4S/c1-12(2,3)19-11(18)9-15-7(10(16)17)8(20(9)14)13(4)5-6-13/h5-6,14H2,1-4H3/p+1. The number of carbonyl (C=O) groups is 2. The van der Waals surface area contributed by atoms with Crippen LogP contribution in [0.25, 0.3) is 0 Å². The minimum atomic E-state index is -1.14. The minimum Gasteiger partial charge on any atom is -0.476 e. The van der Waals surface area contributed by atoms with Crippen LogP contribution in [0.2, 0.25) is 0 Å². The maximum Gasteiger partial charge on any atom is 0.415 e. The van der Waals surface area contributed by atoms with Crippen LogP contribution in [-0.4, -0.2) is 27.6 Å². The quantitative estimate of drug-likeness (QED) is 0.655. The molecule has 1 saturated carbocycles. The van der Waals surface area contributed by atoms with Gasteiger partial charge in [0.1, 0.15) is 16.3 Å². The van der Waals surface area contributed by atoms with Gasteiger partial charge in [-0.25, -0.2) is 9.59 Å². The van der Waals surface area contributed by atoms with Gasteiger partial charge >= 0.3 is 16.9 Å². The number of nitrogens with zero attached hydrogens (tertiary/aromatic N) is 1.